The maximum atomic E-state index is 12.4. The van der Waals surface area contributed by atoms with Gasteiger partial charge in [-0.2, -0.15) is 0 Å². The third-order valence-electron chi connectivity index (χ3n) is 3.99. The summed E-state index contributed by atoms with van der Waals surface area (Å²) >= 11 is 0. The largest absolute Gasteiger partial charge is 0.492 e. The lowest BCUT2D eigenvalue weighted by Gasteiger charge is -2.20. The first kappa shape index (κ1) is 16.1. The Bertz CT molecular complexity index is 730. The minimum Gasteiger partial charge on any atom is -0.492 e. The Hall–Kier alpha value is -2.82. The van der Waals surface area contributed by atoms with Crippen LogP contribution in [0.15, 0.2) is 54.6 Å². The van der Waals surface area contributed by atoms with E-state index >= 15 is 0 Å². The van der Waals surface area contributed by atoms with Gasteiger partial charge in [-0.15, -0.1) is 0 Å². The maximum absolute atomic E-state index is 12.4. The first-order chi connectivity index (χ1) is 11.7. The predicted molar refractivity (Wildman–Crippen MR) is 93.1 cm³/mol. The molecule has 2 aromatic rings. The number of benzene rings is 2. The zero-order chi connectivity index (χ0) is 16.9. The molecule has 1 atom stereocenters. The molecule has 1 fully saturated rings. The second kappa shape index (κ2) is 7.17. The summed E-state index contributed by atoms with van der Waals surface area (Å²) in [6.45, 7) is 2.79. The van der Waals surface area contributed by atoms with Gasteiger partial charge in [-0.1, -0.05) is 30.3 Å². The first-order valence-corrected chi connectivity index (χ1v) is 8.07. The minimum atomic E-state index is -0.368. The Labute approximate surface area is 141 Å². The minimum absolute atomic E-state index is 0.0598. The third-order valence-corrected chi connectivity index (χ3v) is 3.99. The van der Waals surface area contributed by atoms with Gasteiger partial charge in [-0.25, -0.2) is 0 Å². The predicted octanol–water partition coefficient (Wildman–Crippen LogP) is 3.08. The highest BCUT2D eigenvalue weighted by molar-refractivity contribution is 6.04. The van der Waals surface area contributed by atoms with Crippen molar-refractivity contribution in [2.75, 3.05) is 23.4 Å². The van der Waals surface area contributed by atoms with Crippen LogP contribution in [0.25, 0.3) is 0 Å². The first-order valence-electron chi connectivity index (χ1n) is 8.07. The molecule has 1 N–H and O–H groups in total. The lowest BCUT2D eigenvalue weighted by Crippen LogP contribution is -2.28. The molecule has 0 spiro atoms. The number of hydrogen-bond donors (Lipinski definition) is 1. The van der Waals surface area contributed by atoms with Crippen molar-refractivity contribution in [2.45, 2.75) is 13.3 Å². The van der Waals surface area contributed by atoms with Crippen molar-refractivity contribution >= 4 is 23.2 Å². The van der Waals surface area contributed by atoms with E-state index in [4.69, 9.17) is 4.74 Å². The zero-order valence-electron chi connectivity index (χ0n) is 13.6. The molecule has 3 rings (SSSR count). The number of para-hydroxylation sites is 3. The van der Waals surface area contributed by atoms with Crippen molar-refractivity contribution in [1.82, 2.24) is 0 Å². The van der Waals surface area contributed by atoms with Gasteiger partial charge < -0.3 is 15.0 Å². The molecule has 0 aromatic heterocycles. The Morgan fingerprint density at radius 1 is 1.17 bits per heavy atom. The van der Waals surface area contributed by atoms with Crippen LogP contribution in [0.1, 0.15) is 13.3 Å². The van der Waals surface area contributed by atoms with Crippen LogP contribution < -0.4 is 15.0 Å². The SMILES string of the molecule is CCOc1ccccc1N1C[C@H](C(=O)Nc2ccccc2)CC1=O. The van der Waals surface area contributed by atoms with Crippen molar-refractivity contribution in [3.8, 4) is 5.75 Å². The van der Waals surface area contributed by atoms with E-state index < -0.39 is 0 Å². The quantitative estimate of drug-likeness (QED) is 0.919. The van der Waals surface area contributed by atoms with E-state index in [0.29, 0.717) is 18.9 Å². The molecular weight excluding hydrogens is 304 g/mol. The van der Waals surface area contributed by atoms with E-state index in [-0.39, 0.29) is 24.2 Å². The second-order valence-electron chi connectivity index (χ2n) is 5.66. The summed E-state index contributed by atoms with van der Waals surface area (Å²) in [6.07, 6.45) is 0.207. The van der Waals surface area contributed by atoms with Crippen molar-refractivity contribution in [3.63, 3.8) is 0 Å². The fourth-order valence-electron chi connectivity index (χ4n) is 2.84. The number of hydrogen-bond acceptors (Lipinski definition) is 3. The highest BCUT2D eigenvalue weighted by Gasteiger charge is 2.36. The smallest absolute Gasteiger partial charge is 0.229 e. The Kier molecular flexibility index (Phi) is 4.79. The number of ether oxygens (including phenoxy) is 1. The summed E-state index contributed by atoms with van der Waals surface area (Å²) in [6, 6.07) is 16.7. The number of amides is 2. The van der Waals surface area contributed by atoms with Crippen LogP contribution in [0.5, 0.6) is 5.75 Å². The van der Waals surface area contributed by atoms with Crippen LogP contribution in [0.2, 0.25) is 0 Å². The molecule has 124 valence electrons. The molecule has 1 saturated heterocycles. The van der Waals surface area contributed by atoms with Crippen LogP contribution in [0.4, 0.5) is 11.4 Å². The molecule has 0 aliphatic carbocycles. The summed E-state index contributed by atoms with van der Waals surface area (Å²) in [5, 5.41) is 2.87. The van der Waals surface area contributed by atoms with E-state index in [2.05, 4.69) is 5.32 Å². The number of carbonyl (C=O) groups excluding carboxylic acids is 2. The molecule has 0 unspecified atom stereocenters. The zero-order valence-corrected chi connectivity index (χ0v) is 13.6. The molecular formula is C19H20N2O3. The van der Waals surface area contributed by atoms with Crippen molar-refractivity contribution in [3.05, 3.63) is 54.6 Å². The number of nitrogens with one attached hydrogen (secondary N) is 1. The summed E-state index contributed by atoms with van der Waals surface area (Å²) in [4.78, 5) is 26.5. The van der Waals surface area contributed by atoms with Crippen LogP contribution in [0, 0.1) is 5.92 Å². The van der Waals surface area contributed by atoms with Gasteiger partial charge in [0.1, 0.15) is 5.75 Å². The van der Waals surface area contributed by atoms with Crippen molar-refractivity contribution in [1.29, 1.82) is 0 Å². The average molecular weight is 324 g/mol. The number of rotatable bonds is 5. The van der Waals surface area contributed by atoms with E-state index in [1.54, 1.807) is 4.90 Å². The topological polar surface area (TPSA) is 58.6 Å². The normalized spacial score (nSPS) is 17.0. The molecule has 0 bridgehead atoms. The van der Waals surface area contributed by atoms with Crippen LogP contribution in [-0.4, -0.2) is 25.0 Å². The summed E-state index contributed by atoms with van der Waals surface area (Å²) in [5.74, 6) is 0.103. The van der Waals surface area contributed by atoms with E-state index in [9.17, 15) is 9.59 Å². The average Bonchev–Trinajstić information content (AvgIpc) is 2.98. The summed E-state index contributed by atoms with van der Waals surface area (Å²) < 4.78 is 5.59. The van der Waals surface area contributed by atoms with Crippen LogP contribution in [0.3, 0.4) is 0 Å². The van der Waals surface area contributed by atoms with Gasteiger partial charge in [0.05, 0.1) is 18.2 Å². The van der Waals surface area contributed by atoms with Gasteiger partial charge in [0.2, 0.25) is 11.8 Å². The Morgan fingerprint density at radius 3 is 2.62 bits per heavy atom. The number of anilines is 2. The molecule has 24 heavy (non-hydrogen) atoms. The van der Waals surface area contributed by atoms with E-state index in [0.717, 1.165) is 11.4 Å². The lowest BCUT2D eigenvalue weighted by atomic mass is 10.1. The van der Waals surface area contributed by atoms with Gasteiger partial charge >= 0.3 is 0 Å². The molecule has 2 amide bonds. The summed E-state index contributed by atoms with van der Waals surface area (Å²) in [7, 11) is 0. The highest BCUT2D eigenvalue weighted by Crippen LogP contribution is 2.33. The van der Waals surface area contributed by atoms with Gasteiger partial charge in [0.15, 0.2) is 0 Å². The molecule has 1 aliphatic heterocycles. The Morgan fingerprint density at radius 2 is 1.88 bits per heavy atom. The van der Waals surface area contributed by atoms with Gasteiger partial charge in [-0.05, 0) is 31.2 Å². The standard InChI is InChI=1S/C19H20N2O3/c1-2-24-17-11-7-6-10-16(17)21-13-14(12-18(21)22)19(23)20-15-8-4-3-5-9-15/h3-11,14H,2,12-13H2,1H3,(H,20,23)/t14-/m1/s1. The number of carbonyl (C=O) groups is 2. The van der Waals surface area contributed by atoms with E-state index in [1.807, 2.05) is 61.5 Å². The highest BCUT2D eigenvalue weighted by atomic mass is 16.5. The van der Waals surface area contributed by atoms with E-state index in [1.165, 1.54) is 0 Å². The molecule has 0 saturated carbocycles. The summed E-state index contributed by atoms with van der Waals surface area (Å²) in [5.41, 5.74) is 1.46. The molecule has 5 heteroatoms. The lowest BCUT2D eigenvalue weighted by molar-refractivity contribution is -0.122. The second-order valence-corrected chi connectivity index (χ2v) is 5.66. The van der Waals surface area contributed by atoms with Gasteiger partial charge in [-0.3, -0.25) is 9.59 Å². The van der Waals surface area contributed by atoms with Crippen LogP contribution in [-0.2, 0) is 9.59 Å². The maximum Gasteiger partial charge on any atom is 0.229 e. The molecule has 1 aliphatic rings. The van der Waals surface area contributed by atoms with Crippen LogP contribution >= 0.6 is 0 Å². The number of nitrogens with zero attached hydrogens (tertiary/aromatic N) is 1. The van der Waals surface area contributed by atoms with Gasteiger partial charge in [0.25, 0.3) is 0 Å². The fraction of sp³-hybridized carbons (Fsp3) is 0.263. The fourth-order valence-corrected chi connectivity index (χ4v) is 2.84. The Balaban J connectivity index is 1.73. The van der Waals surface area contributed by atoms with Crippen molar-refractivity contribution < 1.29 is 14.3 Å². The molecule has 5 nitrogen and oxygen atoms in total. The third kappa shape index (κ3) is 3.40. The molecule has 2 aromatic carbocycles. The molecule has 0 radical (unpaired) electrons. The molecule has 1 heterocycles. The monoisotopic (exact) mass is 324 g/mol. The van der Waals surface area contributed by atoms with Gasteiger partial charge in [0, 0.05) is 18.7 Å². The van der Waals surface area contributed by atoms with Crippen molar-refractivity contribution in [2.24, 2.45) is 5.92 Å².